The highest BCUT2D eigenvalue weighted by Crippen LogP contribution is 2.39. The van der Waals surface area contributed by atoms with Crippen LogP contribution in [0.25, 0.3) is 5.57 Å². The molecule has 0 fully saturated rings. The van der Waals surface area contributed by atoms with Crippen LogP contribution in [0, 0.1) is 0 Å². The minimum atomic E-state index is -4.36. The Morgan fingerprint density at radius 2 is 1.79 bits per heavy atom. The Bertz CT molecular complexity index is 496. The van der Waals surface area contributed by atoms with Crippen molar-refractivity contribution in [3.8, 4) is 0 Å². The lowest BCUT2D eigenvalue weighted by atomic mass is 10.0. The zero-order valence-corrected chi connectivity index (χ0v) is 11.6. The van der Waals surface area contributed by atoms with Gasteiger partial charge in [0.25, 0.3) is 0 Å². The highest BCUT2D eigenvalue weighted by atomic mass is 32.2. The predicted octanol–water partition coefficient (Wildman–Crippen LogP) is 5.46. The molecule has 0 heterocycles. The van der Waals surface area contributed by atoms with E-state index in [4.69, 9.17) is 0 Å². The molecule has 0 aliphatic carbocycles. The van der Waals surface area contributed by atoms with Crippen molar-refractivity contribution in [1.29, 1.82) is 0 Å². The molecule has 0 saturated carbocycles. The lowest BCUT2D eigenvalue weighted by molar-refractivity contribution is -0.0830. The standard InChI is InChI=1S/C15H15F3S/c1-4-11(2)10-13(12-8-6-5-7-9-12)14(19-3)15(16,17)18/h4-10H,1H2,2-3H3/b11-10+,14-13+. The van der Waals surface area contributed by atoms with Gasteiger partial charge in [-0.25, -0.2) is 0 Å². The maximum Gasteiger partial charge on any atom is 0.422 e. The minimum Gasteiger partial charge on any atom is -0.166 e. The van der Waals surface area contributed by atoms with Gasteiger partial charge in [0.15, 0.2) is 0 Å². The van der Waals surface area contributed by atoms with E-state index in [1.54, 1.807) is 37.3 Å². The Hall–Kier alpha value is -1.42. The van der Waals surface area contributed by atoms with Crippen LogP contribution < -0.4 is 0 Å². The van der Waals surface area contributed by atoms with Crippen molar-refractivity contribution < 1.29 is 13.2 Å². The quantitative estimate of drug-likeness (QED) is 0.662. The van der Waals surface area contributed by atoms with E-state index in [0.717, 1.165) is 0 Å². The fourth-order valence-corrected chi connectivity index (χ4v) is 2.19. The molecule has 0 amide bonds. The van der Waals surface area contributed by atoms with Crippen molar-refractivity contribution in [3.05, 3.63) is 65.1 Å². The molecule has 102 valence electrons. The van der Waals surface area contributed by atoms with Crippen molar-refractivity contribution >= 4 is 17.3 Å². The second-order valence-corrected chi connectivity index (χ2v) is 4.72. The van der Waals surface area contributed by atoms with Crippen LogP contribution in [0.3, 0.4) is 0 Å². The Morgan fingerprint density at radius 3 is 2.21 bits per heavy atom. The average molecular weight is 284 g/mol. The molecule has 0 spiro atoms. The first-order valence-corrected chi connectivity index (χ1v) is 6.84. The number of hydrogen-bond donors (Lipinski definition) is 0. The van der Waals surface area contributed by atoms with Crippen molar-refractivity contribution in [2.45, 2.75) is 13.1 Å². The van der Waals surface area contributed by atoms with Gasteiger partial charge < -0.3 is 0 Å². The molecule has 0 atom stereocenters. The van der Waals surface area contributed by atoms with E-state index in [9.17, 15) is 13.2 Å². The third-order valence-corrected chi connectivity index (χ3v) is 3.34. The van der Waals surface area contributed by atoms with Gasteiger partial charge in [0.2, 0.25) is 0 Å². The minimum absolute atomic E-state index is 0.179. The molecule has 0 aliphatic rings. The summed E-state index contributed by atoms with van der Waals surface area (Å²) in [4.78, 5) is -0.597. The molecule has 4 heteroatoms. The summed E-state index contributed by atoms with van der Waals surface area (Å²) in [5, 5.41) is 0. The van der Waals surface area contributed by atoms with E-state index in [2.05, 4.69) is 6.58 Å². The van der Waals surface area contributed by atoms with Crippen molar-refractivity contribution in [2.75, 3.05) is 6.26 Å². The molecule has 1 aromatic carbocycles. The van der Waals surface area contributed by atoms with E-state index in [1.807, 2.05) is 0 Å². The molecule has 19 heavy (non-hydrogen) atoms. The smallest absolute Gasteiger partial charge is 0.166 e. The topological polar surface area (TPSA) is 0 Å². The summed E-state index contributed by atoms with van der Waals surface area (Å²) in [5.41, 5.74) is 1.41. The van der Waals surface area contributed by atoms with Gasteiger partial charge >= 0.3 is 6.18 Å². The maximum atomic E-state index is 13.1. The third kappa shape index (κ3) is 4.31. The van der Waals surface area contributed by atoms with Gasteiger partial charge in [0, 0.05) is 5.57 Å². The van der Waals surface area contributed by atoms with Crippen LogP contribution in [0.1, 0.15) is 12.5 Å². The Kier molecular flexibility index (Phi) is 5.48. The second kappa shape index (κ2) is 6.66. The maximum absolute atomic E-state index is 13.1. The van der Waals surface area contributed by atoms with E-state index >= 15 is 0 Å². The number of alkyl halides is 3. The summed E-state index contributed by atoms with van der Waals surface area (Å²) in [7, 11) is 0. The highest BCUT2D eigenvalue weighted by Gasteiger charge is 2.35. The van der Waals surface area contributed by atoms with Gasteiger partial charge in [-0.15, -0.1) is 11.8 Å². The van der Waals surface area contributed by atoms with Crippen LogP contribution >= 0.6 is 11.8 Å². The number of allylic oxidation sites excluding steroid dienone is 5. The predicted molar refractivity (Wildman–Crippen MR) is 76.9 cm³/mol. The molecule has 1 aromatic rings. The molecule has 0 nitrogen and oxygen atoms in total. The molecule has 0 saturated heterocycles. The summed E-state index contributed by atoms with van der Waals surface area (Å²) in [6.45, 7) is 5.30. The summed E-state index contributed by atoms with van der Waals surface area (Å²) >= 11 is 0.708. The van der Waals surface area contributed by atoms with Gasteiger partial charge in [-0.2, -0.15) is 13.2 Å². The van der Waals surface area contributed by atoms with E-state index in [-0.39, 0.29) is 5.57 Å². The summed E-state index contributed by atoms with van der Waals surface area (Å²) < 4.78 is 39.2. The molecule has 0 radical (unpaired) electrons. The van der Waals surface area contributed by atoms with Crippen molar-refractivity contribution in [3.63, 3.8) is 0 Å². The SMILES string of the molecule is C=C/C(C)=C/C(=C(\SC)C(F)(F)F)c1ccccc1. The van der Waals surface area contributed by atoms with E-state index in [1.165, 1.54) is 18.4 Å². The van der Waals surface area contributed by atoms with E-state index in [0.29, 0.717) is 22.9 Å². The zero-order valence-electron chi connectivity index (χ0n) is 10.8. The van der Waals surface area contributed by atoms with Gasteiger partial charge in [-0.1, -0.05) is 54.6 Å². The van der Waals surface area contributed by atoms with Crippen LogP contribution in [0.5, 0.6) is 0 Å². The Balaban J connectivity index is 3.51. The normalized spacial score (nSPS) is 14.1. The molecule has 0 unspecified atom stereocenters. The third-order valence-electron chi connectivity index (χ3n) is 2.48. The number of rotatable bonds is 4. The number of hydrogen-bond acceptors (Lipinski definition) is 1. The molecular weight excluding hydrogens is 269 g/mol. The zero-order chi connectivity index (χ0) is 14.5. The van der Waals surface area contributed by atoms with Crippen LogP contribution in [0.15, 0.2) is 59.5 Å². The molecule has 1 rings (SSSR count). The molecule has 0 aliphatic heterocycles. The first kappa shape index (κ1) is 15.6. The van der Waals surface area contributed by atoms with Gasteiger partial charge in [-0.05, 0) is 18.7 Å². The van der Waals surface area contributed by atoms with Crippen LogP contribution in [-0.4, -0.2) is 12.4 Å². The summed E-state index contributed by atoms with van der Waals surface area (Å²) in [6, 6.07) is 8.56. The fraction of sp³-hybridized carbons (Fsp3) is 0.200. The van der Waals surface area contributed by atoms with Gasteiger partial charge in [0.1, 0.15) is 0 Å². The molecule has 0 N–H and O–H groups in total. The molecule has 0 aromatic heterocycles. The molecule has 0 bridgehead atoms. The second-order valence-electron chi connectivity index (χ2n) is 3.90. The van der Waals surface area contributed by atoms with Gasteiger partial charge in [-0.3, -0.25) is 0 Å². The summed E-state index contributed by atoms with van der Waals surface area (Å²) in [6.07, 6.45) is 0.129. The Morgan fingerprint density at radius 1 is 1.21 bits per heavy atom. The number of halogens is 3. The lowest BCUT2D eigenvalue weighted by Gasteiger charge is -2.14. The van der Waals surface area contributed by atoms with Crippen molar-refractivity contribution in [1.82, 2.24) is 0 Å². The largest absolute Gasteiger partial charge is 0.422 e. The monoisotopic (exact) mass is 284 g/mol. The first-order valence-electron chi connectivity index (χ1n) is 5.61. The summed E-state index contributed by atoms with van der Waals surface area (Å²) in [5.74, 6) is 0. The first-order chi connectivity index (χ1) is 8.90. The van der Waals surface area contributed by atoms with Crippen LogP contribution in [-0.2, 0) is 0 Å². The van der Waals surface area contributed by atoms with E-state index < -0.39 is 11.1 Å². The van der Waals surface area contributed by atoms with Gasteiger partial charge in [0.05, 0.1) is 4.91 Å². The Labute approximate surface area is 115 Å². The number of benzene rings is 1. The van der Waals surface area contributed by atoms with Crippen LogP contribution in [0.4, 0.5) is 13.2 Å². The highest BCUT2D eigenvalue weighted by molar-refractivity contribution is 8.02. The molecular formula is C15H15F3S. The van der Waals surface area contributed by atoms with Crippen LogP contribution in [0.2, 0.25) is 0 Å². The average Bonchev–Trinajstić information content (AvgIpc) is 2.37. The van der Waals surface area contributed by atoms with Crippen molar-refractivity contribution in [2.24, 2.45) is 0 Å². The lowest BCUT2D eigenvalue weighted by Crippen LogP contribution is -2.11. The fourth-order valence-electron chi connectivity index (χ4n) is 1.56. The number of thioether (sulfide) groups is 1.